The molecule has 0 radical (unpaired) electrons. The summed E-state index contributed by atoms with van der Waals surface area (Å²) in [5.41, 5.74) is 0.0771. The molecule has 0 unspecified atom stereocenters. The molecule has 0 spiro atoms. The van der Waals surface area contributed by atoms with Gasteiger partial charge in [0.05, 0.1) is 13.5 Å². The first kappa shape index (κ1) is 14.5. The molecule has 4 rings (SSSR count). The number of hydrogen-bond donors (Lipinski definition) is 0. The monoisotopic (exact) mass is 314 g/mol. The molecule has 4 nitrogen and oxygen atoms in total. The lowest BCUT2D eigenvalue weighted by molar-refractivity contribution is -0.157. The number of benzene rings is 2. The number of fused-ring (bicyclic) bond motifs is 2. The SMILES string of the molecule is COc1ccc2sc3ccccc3c(=O)c2c1.O=C1CCO1. The molecule has 0 aliphatic carbocycles. The Morgan fingerprint density at radius 1 is 1.05 bits per heavy atom. The lowest BCUT2D eigenvalue weighted by Gasteiger charge is -2.09. The molecular weight excluding hydrogens is 300 g/mol. The maximum Gasteiger partial charge on any atom is 0.309 e. The van der Waals surface area contributed by atoms with Crippen molar-refractivity contribution in [3.63, 3.8) is 0 Å². The Kier molecular flexibility index (Phi) is 4.06. The minimum atomic E-state index is -0.0648. The third kappa shape index (κ3) is 2.80. The minimum Gasteiger partial charge on any atom is -0.497 e. The van der Waals surface area contributed by atoms with Crippen molar-refractivity contribution in [2.24, 2.45) is 0 Å². The fraction of sp³-hybridized carbons (Fsp3) is 0.176. The van der Waals surface area contributed by atoms with E-state index in [2.05, 4.69) is 4.74 Å². The molecule has 1 aliphatic rings. The van der Waals surface area contributed by atoms with Crippen LogP contribution in [0.15, 0.2) is 47.3 Å². The van der Waals surface area contributed by atoms with Crippen LogP contribution in [0, 0.1) is 0 Å². The summed E-state index contributed by atoms with van der Waals surface area (Å²) in [4.78, 5) is 22.0. The number of carbonyl (C=O) groups is 1. The van der Waals surface area contributed by atoms with E-state index in [1.807, 2.05) is 36.4 Å². The summed E-state index contributed by atoms with van der Waals surface area (Å²) in [6, 6.07) is 13.3. The molecule has 1 aliphatic heterocycles. The Morgan fingerprint density at radius 2 is 1.73 bits per heavy atom. The van der Waals surface area contributed by atoms with E-state index in [0.29, 0.717) is 13.0 Å². The highest BCUT2D eigenvalue weighted by Crippen LogP contribution is 2.26. The topological polar surface area (TPSA) is 52.6 Å². The number of hydrogen-bond acceptors (Lipinski definition) is 5. The molecule has 112 valence electrons. The van der Waals surface area contributed by atoms with Crippen molar-refractivity contribution >= 4 is 37.5 Å². The van der Waals surface area contributed by atoms with Gasteiger partial charge in [-0.15, -0.1) is 11.3 Å². The number of rotatable bonds is 1. The van der Waals surface area contributed by atoms with E-state index in [1.165, 1.54) is 0 Å². The summed E-state index contributed by atoms with van der Waals surface area (Å²) in [5.74, 6) is 0.655. The molecule has 3 aromatic rings. The van der Waals surface area contributed by atoms with E-state index in [1.54, 1.807) is 24.5 Å². The quantitative estimate of drug-likeness (QED) is 0.510. The normalized spacial score (nSPS) is 13.0. The number of carbonyl (C=O) groups excluding carboxylic acids is 1. The van der Waals surface area contributed by atoms with Crippen molar-refractivity contribution in [3.8, 4) is 5.75 Å². The number of cyclic esters (lactones) is 1. The van der Waals surface area contributed by atoms with Crippen molar-refractivity contribution in [2.45, 2.75) is 6.42 Å². The average molecular weight is 314 g/mol. The van der Waals surface area contributed by atoms with Crippen molar-refractivity contribution in [1.82, 2.24) is 0 Å². The summed E-state index contributed by atoms with van der Waals surface area (Å²) in [7, 11) is 1.61. The van der Waals surface area contributed by atoms with Gasteiger partial charge in [-0.25, -0.2) is 0 Å². The highest BCUT2D eigenvalue weighted by Gasteiger charge is 2.11. The molecule has 22 heavy (non-hydrogen) atoms. The summed E-state index contributed by atoms with van der Waals surface area (Å²) in [5, 5.41) is 1.51. The molecule has 0 bridgehead atoms. The van der Waals surface area contributed by atoms with Crippen molar-refractivity contribution in [3.05, 3.63) is 52.7 Å². The number of methoxy groups -OCH3 is 1. The lowest BCUT2D eigenvalue weighted by Crippen LogP contribution is -2.18. The van der Waals surface area contributed by atoms with Gasteiger partial charge in [-0.2, -0.15) is 0 Å². The van der Waals surface area contributed by atoms with E-state index in [-0.39, 0.29) is 11.4 Å². The molecule has 0 amide bonds. The van der Waals surface area contributed by atoms with E-state index < -0.39 is 0 Å². The van der Waals surface area contributed by atoms with Crippen LogP contribution in [0.4, 0.5) is 0 Å². The van der Waals surface area contributed by atoms with Crippen molar-refractivity contribution in [2.75, 3.05) is 13.7 Å². The highest BCUT2D eigenvalue weighted by atomic mass is 32.1. The second-order valence-corrected chi connectivity index (χ2v) is 5.84. The molecule has 2 heterocycles. The zero-order valence-corrected chi connectivity index (χ0v) is 12.8. The minimum absolute atomic E-state index is 0.0648. The second-order valence-electron chi connectivity index (χ2n) is 4.76. The number of ether oxygens (including phenoxy) is 2. The third-order valence-electron chi connectivity index (χ3n) is 3.35. The zero-order chi connectivity index (χ0) is 15.5. The van der Waals surface area contributed by atoms with Crippen LogP contribution in [-0.4, -0.2) is 19.7 Å². The number of esters is 1. The highest BCUT2D eigenvalue weighted by molar-refractivity contribution is 7.24. The standard InChI is InChI=1S/C14H10O2S.C3H4O2/c1-16-9-6-7-13-11(8-9)14(15)10-4-2-3-5-12(10)17-13;4-3-1-2-5-3/h2-8H,1H3;1-2H2. The molecule has 0 atom stereocenters. The Labute approximate surface area is 130 Å². The Bertz CT molecular complexity index is 892. The van der Waals surface area contributed by atoms with E-state index >= 15 is 0 Å². The van der Waals surface area contributed by atoms with Gasteiger partial charge >= 0.3 is 5.97 Å². The largest absolute Gasteiger partial charge is 0.497 e. The first-order valence-electron chi connectivity index (χ1n) is 6.84. The van der Waals surface area contributed by atoms with Crippen molar-refractivity contribution in [1.29, 1.82) is 0 Å². The van der Waals surface area contributed by atoms with Gasteiger partial charge in [-0.3, -0.25) is 9.59 Å². The molecule has 1 fully saturated rings. The molecule has 0 N–H and O–H groups in total. The van der Waals surface area contributed by atoms with Gasteiger partial charge < -0.3 is 9.47 Å². The molecule has 1 aromatic heterocycles. The van der Waals surface area contributed by atoms with Gasteiger partial charge in [-0.1, -0.05) is 12.1 Å². The maximum atomic E-state index is 12.3. The van der Waals surface area contributed by atoms with Crippen LogP contribution >= 0.6 is 11.3 Å². The summed E-state index contributed by atoms with van der Waals surface area (Å²) < 4.78 is 11.5. The molecule has 2 aromatic carbocycles. The summed E-state index contributed by atoms with van der Waals surface area (Å²) in [6.07, 6.45) is 0.625. The van der Waals surface area contributed by atoms with Gasteiger partial charge in [0.1, 0.15) is 12.4 Å². The summed E-state index contributed by atoms with van der Waals surface area (Å²) >= 11 is 1.63. The predicted octanol–water partition coefficient (Wildman–Crippen LogP) is 3.36. The smallest absolute Gasteiger partial charge is 0.309 e. The second kappa shape index (κ2) is 6.15. The predicted molar refractivity (Wildman–Crippen MR) is 87.7 cm³/mol. The zero-order valence-electron chi connectivity index (χ0n) is 12.0. The average Bonchev–Trinajstić information content (AvgIpc) is 2.53. The lowest BCUT2D eigenvalue weighted by atomic mass is 10.2. The third-order valence-corrected chi connectivity index (χ3v) is 4.50. The fourth-order valence-electron chi connectivity index (χ4n) is 2.09. The Hall–Kier alpha value is -2.40. The van der Waals surface area contributed by atoms with E-state index in [0.717, 1.165) is 25.9 Å². The van der Waals surface area contributed by atoms with Crippen LogP contribution in [0.3, 0.4) is 0 Å². The van der Waals surface area contributed by atoms with Crippen LogP contribution in [0.5, 0.6) is 5.75 Å². The Morgan fingerprint density at radius 3 is 2.36 bits per heavy atom. The van der Waals surface area contributed by atoms with Crippen LogP contribution in [0.1, 0.15) is 6.42 Å². The van der Waals surface area contributed by atoms with Crippen LogP contribution in [0.2, 0.25) is 0 Å². The van der Waals surface area contributed by atoms with Crippen molar-refractivity contribution < 1.29 is 14.3 Å². The van der Waals surface area contributed by atoms with Gasteiger partial charge in [0, 0.05) is 20.2 Å². The van der Waals surface area contributed by atoms with Gasteiger partial charge in [0.25, 0.3) is 0 Å². The summed E-state index contributed by atoms with van der Waals surface area (Å²) in [6.45, 7) is 0.638. The van der Waals surface area contributed by atoms with Gasteiger partial charge in [0.15, 0.2) is 5.43 Å². The first-order valence-corrected chi connectivity index (χ1v) is 7.66. The maximum absolute atomic E-state index is 12.3. The van der Waals surface area contributed by atoms with Gasteiger partial charge in [-0.05, 0) is 30.3 Å². The molecule has 1 saturated heterocycles. The van der Waals surface area contributed by atoms with E-state index in [9.17, 15) is 9.59 Å². The molecular formula is C17H14O4S. The van der Waals surface area contributed by atoms with E-state index in [4.69, 9.17) is 4.74 Å². The molecule has 0 saturated carbocycles. The fourth-order valence-corrected chi connectivity index (χ4v) is 3.15. The first-order chi connectivity index (χ1) is 10.7. The Balaban J connectivity index is 0.000000246. The van der Waals surface area contributed by atoms with Crippen LogP contribution < -0.4 is 10.2 Å². The van der Waals surface area contributed by atoms with Crippen LogP contribution in [-0.2, 0) is 9.53 Å². The van der Waals surface area contributed by atoms with Gasteiger partial charge in [0.2, 0.25) is 0 Å². The van der Waals surface area contributed by atoms with Crippen LogP contribution in [0.25, 0.3) is 20.2 Å². The molecule has 5 heteroatoms.